The summed E-state index contributed by atoms with van der Waals surface area (Å²) in [5.74, 6) is -26.6. The average Bonchev–Trinajstić information content (AvgIpc) is 2.63. The van der Waals surface area contributed by atoms with E-state index in [1.165, 1.54) is 0 Å². The normalized spacial score (nSPS) is 10.3. The zero-order valence-electron chi connectivity index (χ0n) is 15.1. The summed E-state index contributed by atoms with van der Waals surface area (Å²) < 4.78 is 131. The van der Waals surface area contributed by atoms with Crippen LogP contribution in [0.3, 0.4) is 0 Å². The van der Waals surface area contributed by atoms with Crippen molar-refractivity contribution in [1.29, 1.82) is 0 Å². The minimum Gasteiger partial charge on any atom is -0.402 e. The first-order valence-electron chi connectivity index (χ1n) is 7.26. The molecule has 2 aromatic carbocycles. The summed E-state index contributed by atoms with van der Waals surface area (Å²) >= 11 is 0. The molecule has 0 bridgehead atoms. The van der Waals surface area contributed by atoms with Gasteiger partial charge in [0.2, 0.25) is 11.6 Å². The maximum Gasteiger partial charge on any atom is 0.631 e. The van der Waals surface area contributed by atoms with Crippen LogP contribution in [0.25, 0.3) is 11.1 Å². The van der Waals surface area contributed by atoms with Crippen molar-refractivity contribution in [3.8, 4) is 11.1 Å². The molecule has 0 spiro atoms. The smallest absolute Gasteiger partial charge is 0.402 e. The minimum absolute atomic E-state index is 2.00. The van der Waals surface area contributed by atoms with Gasteiger partial charge in [0.15, 0.2) is 46.5 Å². The first kappa shape index (κ1) is 27.6. The summed E-state index contributed by atoms with van der Waals surface area (Å²) in [4.78, 5) is 2.00. The molecule has 0 aliphatic carbocycles. The first-order chi connectivity index (χ1) is 13.6. The van der Waals surface area contributed by atoms with Gasteiger partial charge in [-0.2, -0.15) is 0 Å². The van der Waals surface area contributed by atoms with Crippen molar-refractivity contribution in [2.75, 3.05) is 21.1 Å². The van der Waals surface area contributed by atoms with Crippen molar-refractivity contribution < 1.29 is 59.0 Å². The highest BCUT2D eigenvalue weighted by molar-refractivity contribution is 6.30. The molecule has 0 atom stereocenters. The van der Waals surface area contributed by atoms with Crippen molar-refractivity contribution >= 4 is 7.32 Å². The number of hydrogen-bond acceptors (Lipinski definition) is 4. The van der Waals surface area contributed by atoms with Gasteiger partial charge in [0.1, 0.15) is 0 Å². The van der Waals surface area contributed by atoms with E-state index in [9.17, 15) is 43.9 Å². The van der Waals surface area contributed by atoms with Gasteiger partial charge in [-0.3, -0.25) is 0 Å². The summed E-state index contributed by atoms with van der Waals surface area (Å²) in [6, 6.07) is 0. The lowest BCUT2D eigenvalue weighted by Gasteiger charge is -2.11. The molecule has 0 aromatic heterocycles. The summed E-state index contributed by atoms with van der Waals surface area (Å²) in [6.45, 7) is 0. The van der Waals surface area contributed by atoms with E-state index in [1.54, 1.807) is 0 Å². The first-order valence-corrected chi connectivity index (χ1v) is 7.26. The Balaban J connectivity index is 0.000000901. The topological polar surface area (TPSA) is 63.9 Å². The SMILES string of the molecule is CN(C)C.Fc1c(F)c(F)c(-c2c(F)c(F)c(F)c(F)c2F)c(F)c1F.OB(O)O. The van der Waals surface area contributed by atoms with Crippen molar-refractivity contribution in [1.82, 2.24) is 4.90 Å². The van der Waals surface area contributed by atoms with Crippen LogP contribution in [0.2, 0.25) is 0 Å². The summed E-state index contributed by atoms with van der Waals surface area (Å²) in [5, 5.41) is 21.5. The molecular weight excluding hydrogens is 443 g/mol. The van der Waals surface area contributed by atoms with Crippen LogP contribution in [0.1, 0.15) is 0 Å². The van der Waals surface area contributed by atoms with E-state index in [-0.39, 0.29) is 0 Å². The lowest BCUT2D eigenvalue weighted by molar-refractivity contribution is 0.278. The van der Waals surface area contributed by atoms with E-state index in [2.05, 4.69) is 0 Å². The van der Waals surface area contributed by atoms with Gasteiger partial charge < -0.3 is 20.0 Å². The van der Waals surface area contributed by atoms with Gasteiger partial charge in [-0.15, -0.1) is 0 Å². The Morgan fingerprint density at radius 1 is 0.433 bits per heavy atom. The zero-order valence-corrected chi connectivity index (χ0v) is 15.1. The second-order valence-electron chi connectivity index (χ2n) is 5.58. The Hall–Kier alpha value is -2.36. The molecule has 30 heavy (non-hydrogen) atoms. The molecule has 0 aliphatic heterocycles. The Bertz CT molecular complexity index is 774. The molecule has 2 rings (SSSR count). The molecule has 0 saturated carbocycles. The summed E-state index contributed by atoms with van der Waals surface area (Å²) in [5.41, 5.74) is -4.52. The standard InChI is InChI=1S/C12F10.C3H9N.BH3O3/c13-3-1(4(14)8(18)11(21)7(3)17)2-5(15)9(19)12(22)10(20)6(2)16;1-4(2)3;2-1(3)4/h;1-3H3;2-4H. The van der Waals surface area contributed by atoms with E-state index in [1.807, 2.05) is 26.0 Å². The fourth-order valence-electron chi connectivity index (χ4n) is 1.65. The Morgan fingerprint density at radius 2 is 0.533 bits per heavy atom. The van der Waals surface area contributed by atoms with E-state index < -0.39 is 76.6 Å². The summed E-state index contributed by atoms with van der Waals surface area (Å²) in [6.07, 6.45) is 0. The van der Waals surface area contributed by atoms with Gasteiger partial charge in [-0.25, -0.2) is 43.9 Å². The maximum absolute atomic E-state index is 13.4. The van der Waals surface area contributed by atoms with Crippen LogP contribution in [0.4, 0.5) is 43.9 Å². The third kappa shape index (κ3) is 6.32. The molecule has 3 N–H and O–H groups in total. The van der Waals surface area contributed by atoms with Gasteiger partial charge in [-0.1, -0.05) is 0 Å². The van der Waals surface area contributed by atoms with Crippen LogP contribution in [-0.2, 0) is 0 Å². The van der Waals surface area contributed by atoms with Crippen molar-refractivity contribution in [3.05, 3.63) is 58.2 Å². The highest BCUT2D eigenvalue weighted by Gasteiger charge is 2.34. The second-order valence-corrected chi connectivity index (χ2v) is 5.58. The quantitative estimate of drug-likeness (QED) is 0.268. The lowest BCUT2D eigenvalue weighted by Crippen LogP contribution is -2.10. The minimum atomic E-state index is -2.68. The average molecular weight is 455 g/mol. The Kier molecular flexibility index (Phi) is 10.3. The van der Waals surface area contributed by atoms with E-state index in [4.69, 9.17) is 15.1 Å². The van der Waals surface area contributed by atoms with Crippen molar-refractivity contribution in [3.63, 3.8) is 0 Å². The van der Waals surface area contributed by atoms with E-state index in [0.717, 1.165) is 0 Å². The molecular formula is C15H12BF10NO3. The van der Waals surface area contributed by atoms with Gasteiger partial charge in [0.25, 0.3) is 0 Å². The Labute approximate surface area is 162 Å². The molecule has 0 aliphatic rings. The number of halogens is 10. The van der Waals surface area contributed by atoms with Crippen LogP contribution >= 0.6 is 0 Å². The van der Waals surface area contributed by atoms with Crippen molar-refractivity contribution in [2.45, 2.75) is 0 Å². The molecule has 168 valence electrons. The maximum atomic E-state index is 13.4. The summed E-state index contributed by atoms with van der Waals surface area (Å²) in [7, 11) is 3.83. The number of nitrogens with zero attached hydrogens (tertiary/aromatic N) is 1. The van der Waals surface area contributed by atoms with Crippen LogP contribution in [0.5, 0.6) is 0 Å². The predicted octanol–water partition coefficient (Wildman–Crippen LogP) is 2.87. The van der Waals surface area contributed by atoms with Gasteiger partial charge in [0, 0.05) is 0 Å². The molecule has 2 aromatic rings. The zero-order chi connectivity index (χ0) is 24.1. The number of benzene rings is 2. The second kappa shape index (κ2) is 11.1. The molecule has 0 amide bonds. The Morgan fingerprint density at radius 3 is 0.667 bits per heavy atom. The number of hydrogen-bond donors (Lipinski definition) is 3. The molecule has 15 heteroatoms. The molecule has 0 saturated heterocycles. The molecule has 0 fully saturated rings. The van der Waals surface area contributed by atoms with E-state index in [0.29, 0.717) is 0 Å². The molecule has 0 unspecified atom stereocenters. The third-order valence-corrected chi connectivity index (χ3v) is 2.67. The van der Waals surface area contributed by atoms with Crippen LogP contribution in [0, 0.1) is 58.2 Å². The highest BCUT2D eigenvalue weighted by atomic mass is 19.2. The molecule has 0 heterocycles. The largest absolute Gasteiger partial charge is 0.631 e. The predicted molar refractivity (Wildman–Crippen MR) is 83.5 cm³/mol. The fraction of sp³-hybridized carbons (Fsp3) is 0.200. The molecule has 4 nitrogen and oxygen atoms in total. The lowest BCUT2D eigenvalue weighted by atomic mass is 10.0. The van der Waals surface area contributed by atoms with Crippen molar-refractivity contribution in [2.24, 2.45) is 0 Å². The third-order valence-electron chi connectivity index (χ3n) is 2.67. The highest BCUT2D eigenvalue weighted by Crippen LogP contribution is 2.37. The van der Waals surface area contributed by atoms with Gasteiger partial charge >= 0.3 is 7.32 Å². The van der Waals surface area contributed by atoms with Gasteiger partial charge in [-0.05, 0) is 21.1 Å². The monoisotopic (exact) mass is 455 g/mol. The van der Waals surface area contributed by atoms with Crippen LogP contribution in [0.15, 0.2) is 0 Å². The van der Waals surface area contributed by atoms with Crippen LogP contribution < -0.4 is 0 Å². The molecule has 0 radical (unpaired) electrons. The number of rotatable bonds is 1. The van der Waals surface area contributed by atoms with E-state index >= 15 is 0 Å². The fourth-order valence-corrected chi connectivity index (χ4v) is 1.65. The van der Waals surface area contributed by atoms with Gasteiger partial charge in [0.05, 0.1) is 11.1 Å². The van der Waals surface area contributed by atoms with Crippen LogP contribution in [-0.4, -0.2) is 48.4 Å².